The van der Waals surface area contributed by atoms with Gasteiger partial charge in [-0.15, -0.1) is 11.3 Å². The van der Waals surface area contributed by atoms with Crippen LogP contribution in [0.5, 0.6) is 0 Å². The number of sulfonamides is 1. The van der Waals surface area contributed by atoms with Crippen LogP contribution in [-0.2, 0) is 21.2 Å². The zero-order valence-electron chi connectivity index (χ0n) is 14.5. The van der Waals surface area contributed by atoms with Crippen molar-refractivity contribution in [1.82, 2.24) is 9.62 Å². The number of carbonyl (C=O) groups is 1. The van der Waals surface area contributed by atoms with Crippen LogP contribution in [0.15, 0.2) is 44.4 Å². The quantitative estimate of drug-likeness (QED) is 0.697. The van der Waals surface area contributed by atoms with Crippen LogP contribution in [0.4, 0.5) is 4.39 Å². The molecule has 2 aromatic rings. The van der Waals surface area contributed by atoms with Gasteiger partial charge < -0.3 is 5.32 Å². The number of piperidine rings is 1. The SMILES string of the molecule is O=C(NCCc1ccc(F)cc1)C1CCN(S(=O)(=O)c2ccc(Br)s2)CC1. The third-order valence-corrected chi connectivity index (χ3v) is 8.58. The zero-order valence-corrected chi connectivity index (χ0v) is 17.7. The van der Waals surface area contributed by atoms with Gasteiger partial charge in [-0.3, -0.25) is 4.79 Å². The number of carbonyl (C=O) groups excluding carboxylic acids is 1. The first-order valence-electron chi connectivity index (χ1n) is 8.64. The van der Waals surface area contributed by atoms with Crippen LogP contribution in [-0.4, -0.2) is 38.3 Å². The number of halogens is 2. The molecule has 0 unspecified atom stereocenters. The van der Waals surface area contributed by atoms with Crippen LogP contribution < -0.4 is 5.32 Å². The molecular weight excluding hydrogens is 455 g/mol. The number of amides is 1. The normalized spacial score (nSPS) is 16.4. The fourth-order valence-corrected chi connectivity index (χ4v) is 6.68. The molecule has 0 bridgehead atoms. The van der Waals surface area contributed by atoms with Crippen molar-refractivity contribution in [3.05, 3.63) is 51.6 Å². The maximum atomic E-state index is 12.9. The van der Waals surface area contributed by atoms with E-state index in [2.05, 4.69) is 21.2 Å². The van der Waals surface area contributed by atoms with Crippen LogP contribution in [0.1, 0.15) is 18.4 Å². The Bertz CT molecular complexity index is 892. The average molecular weight is 475 g/mol. The minimum atomic E-state index is -3.49. The molecule has 1 saturated heterocycles. The van der Waals surface area contributed by atoms with E-state index < -0.39 is 10.0 Å². The summed E-state index contributed by atoms with van der Waals surface area (Å²) in [5.74, 6) is -0.507. The van der Waals surface area contributed by atoms with Gasteiger partial charge in [0.2, 0.25) is 5.91 Å². The highest BCUT2D eigenvalue weighted by molar-refractivity contribution is 9.11. The summed E-state index contributed by atoms with van der Waals surface area (Å²) in [7, 11) is -3.49. The maximum absolute atomic E-state index is 12.9. The van der Waals surface area contributed by atoms with Crippen molar-refractivity contribution in [3.63, 3.8) is 0 Å². The van der Waals surface area contributed by atoms with Gasteiger partial charge in [0.25, 0.3) is 10.0 Å². The van der Waals surface area contributed by atoms with E-state index in [1.807, 2.05) is 0 Å². The van der Waals surface area contributed by atoms with E-state index in [0.29, 0.717) is 43.1 Å². The summed E-state index contributed by atoms with van der Waals surface area (Å²) < 4.78 is 40.7. The lowest BCUT2D eigenvalue weighted by Gasteiger charge is -2.30. The fraction of sp³-hybridized carbons (Fsp3) is 0.389. The average Bonchev–Trinajstić information content (AvgIpc) is 3.10. The summed E-state index contributed by atoms with van der Waals surface area (Å²) >= 11 is 4.48. The molecule has 5 nitrogen and oxygen atoms in total. The van der Waals surface area contributed by atoms with Gasteiger partial charge >= 0.3 is 0 Å². The Kier molecular flexibility index (Phi) is 6.67. The topological polar surface area (TPSA) is 66.5 Å². The van der Waals surface area contributed by atoms with E-state index in [-0.39, 0.29) is 17.6 Å². The van der Waals surface area contributed by atoms with Crippen molar-refractivity contribution in [3.8, 4) is 0 Å². The number of nitrogens with zero attached hydrogens (tertiary/aromatic N) is 1. The molecule has 0 atom stereocenters. The van der Waals surface area contributed by atoms with Crippen molar-refractivity contribution >= 4 is 43.2 Å². The molecule has 0 aliphatic carbocycles. The molecule has 3 rings (SSSR count). The van der Waals surface area contributed by atoms with Crippen molar-refractivity contribution in [2.75, 3.05) is 19.6 Å². The van der Waals surface area contributed by atoms with Crippen LogP contribution in [0.3, 0.4) is 0 Å². The minimum Gasteiger partial charge on any atom is -0.356 e. The molecule has 9 heteroatoms. The lowest BCUT2D eigenvalue weighted by molar-refractivity contribution is -0.126. The summed E-state index contributed by atoms with van der Waals surface area (Å²) in [6, 6.07) is 9.53. The second-order valence-electron chi connectivity index (χ2n) is 6.40. The lowest BCUT2D eigenvalue weighted by Crippen LogP contribution is -2.43. The molecule has 1 aromatic heterocycles. The Labute approximate surface area is 170 Å². The number of hydrogen-bond acceptors (Lipinski definition) is 4. The van der Waals surface area contributed by atoms with E-state index in [1.54, 1.807) is 24.3 Å². The predicted octanol–water partition coefficient (Wildman–Crippen LogP) is 3.41. The monoisotopic (exact) mass is 474 g/mol. The van der Waals surface area contributed by atoms with Crippen LogP contribution in [0.25, 0.3) is 0 Å². The van der Waals surface area contributed by atoms with Crippen molar-refractivity contribution in [2.24, 2.45) is 5.92 Å². The van der Waals surface area contributed by atoms with Gasteiger partial charge in [-0.2, -0.15) is 4.31 Å². The van der Waals surface area contributed by atoms with E-state index >= 15 is 0 Å². The summed E-state index contributed by atoms with van der Waals surface area (Å²) in [5.41, 5.74) is 0.958. The number of rotatable bonds is 6. The first-order chi connectivity index (χ1) is 12.9. The highest BCUT2D eigenvalue weighted by atomic mass is 79.9. The van der Waals surface area contributed by atoms with Crippen LogP contribution in [0, 0.1) is 11.7 Å². The Morgan fingerprint density at radius 3 is 2.44 bits per heavy atom. The van der Waals surface area contributed by atoms with Gasteiger partial charge in [-0.25, -0.2) is 12.8 Å². The molecule has 1 aromatic carbocycles. The lowest BCUT2D eigenvalue weighted by atomic mass is 9.97. The van der Waals surface area contributed by atoms with Crippen molar-refractivity contribution in [2.45, 2.75) is 23.5 Å². The first-order valence-corrected chi connectivity index (χ1v) is 11.7. The van der Waals surface area contributed by atoms with Gasteiger partial charge in [0.05, 0.1) is 3.79 Å². The smallest absolute Gasteiger partial charge is 0.252 e. The summed E-state index contributed by atoms with van der Waals surface area (Å²) in [4.78, 5) is 12.3. The molecule has 0 radical (unpaired) electrons. The largest absolute Gasteiger partial charge is 0.356 e. The Morgan fingerprint density at radius 2 is 1.85 bits per heavy atom. The van der Waals surface area contributed by atoms with Gasteiger partial charge in [0, 0.05) is 25.6 Å². The molecule has 1 aliphatic rings. The molecule has 1 aliphatic heterocycles. The van der Waals surface area contributed by atoms with Crippen molar-refractivity contribution < 1.29 is 17.6 Å². The maximum Gasteiger partial charge on any atom is 0.252 e. The van der Waals surface area contributed by atoms with E-state index in [0.717, 1.165) is 9.35 Å². The molecular formula is C18H20BrFN2O3S2. The third kappa shape index (κ3) is 5.16. The molecule has 0 saturated carbocycles. The third-order valence-electron chi connectivity index (χ3n) is 4.59. The van der Waals surface area contributed by atoms with Gasteiger partial charge in [-0.05, 0) is 65.0 Å². The fourth-order valence-electron chi connectivity index (χ4n) is 3.05. The number of hydrogen-bond donors (Lipinski definition) is 1. The highest BCUT2D eigenvalue weighted by Gasteiger charge is 2.32. The number of nitrogens with one attached hydrogen (secondary N) is 1. The molecule has 2 heterocycles. The van der Waals surface area contributed by atoms with E-state index in [1.165, 1.54) is 27.8 Å². The Morgan fingerprint density at radius 1 is 1.19 bits per heavy atom. The van der Waals surface area contributed by atoms with E-state index in [9.17, 15) is 17.6 Å². The first kappa shape index (κ1) is 20.4. The van der Waals surface area contributed by atoms with Crippen LogP contribution >= 0.6 is 27.3 Å². The Hall–Kier alpha value is -1.29. The molecule has 1 fully saturated rings. The van der Waals surface area contributed by atoms with E-state index in [4.69, 9.17) is 0 Å². The van der Waals surface area contributed by atoms with Gasteiger partial charge in [0.15, 0.2) is 0 Å². The standard InChI is InChI=1S/C18H20BrFN2O3S2/c19-16-5-6-17(26-16)27(24,25)22-11-8-14(9-12-22)18(23)21-10-7-13-1-3-15(20)4-2-13/h1-6,14H,7-12H2,(H,21,23). The van der Waals surface area contributed by atoms with Crippen molar-refractivity contribution in [1.29, 1.82) is 0 Å². The van der Waals surface area contributed by atoms with Crippen LogP contribution in [0.2, 0.25) is 0 Å². The predicted molar refractivity (Wildman–Crippen MR) is 107 cm³/mol. The molecule has 1 amide bonds. The molecule has 27 heavy (non-hydrogen) atoms. The Balaban J connectivity index is 1.47. The summed E-state index contributed by atoms with van der Waals surface area (Å²) in [6.07, 6.45) is 1.65. The molecule has 146 valence electrons. The molecule has 0 spiro atoms. The minimum absolute atomic E-state index is 0.0481. The highest BCUT2D eigenvalue weighted by Crippen LogP contribution is 2.30. The second kappa shape index (κ2) is 8.81. The number of benzene rings is 1. The summed E-state index contributed by atoms with van der Waals surface area (Å²) in [5, 5.41) is 2.90. The zero-order chi connectivity index (χ0) is 19.4. The second-order valence-corrected chi connectivity index (χ2v) is 11.0. The summed E-state index contributed by atoms with van der Waals surface area (Å²) in [6.45, 7) is 1.16. The molecule has 1 N–H and O–H groups in total. The van der Waals surface area contributed by atoms with Gasteiger partial charge in [-0.1, -0.05) is 12.1 Å². The number of thiophene rings is 1. The van der Waals surface area contributed by atoms with Gasteiger partial charge in [0.1, 0.15) is 10.0 Å².